The summed E-state index contributed by atoms with van der Waals surface area (Å²) in [5.74, 6) is 0. The van der Waals surface area contributed by atoms with Gasteiger partial charge in [-0.25, -0.2) is 0 Å². The van der Waals surface area contributed by atoms with E-state index in [1.165, 1.54) is 0 Å². The van der Waals surface area contributed by atoms with E-state index in [9.17, 15) is 0 Å². The predicted octanol–water partition coefficient (Wildman–Crippen LogP) is 1.38. The summed E-state index contributed by atoms with van der Waals surface area (Å²) in [5.41, 5.74) is -0.0257. The molecule has 0 aliphatic heterocycles. The Labute approximate surface area is 82.0 Å². The second-order valence-electron chi connectivity index (χ2n) is 4.26. The van der Waals surface area contributed by atoms with Gasteiger partial charge >= 0.3 is 0 Å². The Morgan fingerprint density at radius 3 is 2.08 bits per heavy atom. The third-order valence-electron chi connectivity index (χ3n) is 1.69. The molecule has 0 bridgehead atoms. The summed E-state index contributed by atoms with van der Waals surface area (Å²) in [7, 11) is 3.80. The molecule has 0 atom stereocenters. The number of likely N-dealkylation sites (N-methyl/N-ethyl adjacent to an activating group) is 1. The molecule has 3 nitrogen and oxygen atoms in total. The summed E-state index contributed by atoms with van der Waals surface area (Å²) in [6.45, 7) is 9.70. The molecule has 0 heterocycles. The smallest absolute Gasteiger partial charge is 0.0600 e. The Morgan fingerprint density at radius 2 is 1.62 bits per heavy atom. The zero-order valence-electron chi connectivity index (χ0n) is 9.59. The zero-order chi connectivity index (χ0) is 10.3. The van der Waals surface area contributed by atoms with Gasteiger partial charge in [0, 0.05) is 20.2 Å². The highest BCUT2D eigenvalue weighted by Gasteiger charge is 2.09. The fourth-order valence-corrected chi connectivity index (χ4v) is 0.867. The molecular formula is C10H23NO2. The standard InChI is InChI=1S/C10H23NO2/c1-10(2,3)13-9-7-11(4)6-8-12-5/h6-9H2,1-5H3. The second-order valence-corrected chi connectivity index (χ2v) is 4.26. The van der Waals surface area contributed by atoms with Crippen LogP contribution >= 0.6 is 0 Å². The highest BCUT2D eigenvalue weighted by molar-refractivity contribution is 4.59. The summed E-state index contributed by atoms with van der Waals surface area (Å²) in [4.78, 5) is 2.20. The molecule has 13 heavy (non-hydrogen) atoms. The number of hydrogen-bond donors (Lipinski definition) is 0. The topological polar surface area (TPSA) is 21.7 Å². The molecule has 80 valence electrons. The van der Waals surface area contributed by atoms with Crippen LogP contribution in [0.4, 0.5) is 0 Å². The Hall–Kier alpha value is -0.120. The van der Waals surface area contributed by atoms with E-state index in [4.69, 9.17) is 9.47 Å². The van der Waals surface area contributed by atoms with Crippen LogP contribution in [-0.2, 0) is 9.47 Å². The minimum absolute atomic E-state index is 0.0257. The number of nitrogens with zero attached hydrogens (tertiary/aromatic N) is 1. The van der Waals surface area contributed by atoms with Gasteiger partial charge in [-0.2, -0.15) is 0 Å². The van der Waals surface area contributed by atoms with Crippen molar-refractivity contribution in [3.05, 3.63) is 0 Å². The van der Waals surface area contributed by atoms with Crippen LogP contribution < -0.4 is 0 Å². The van der Waals surface area contributed by atoms with E-state index in [1.807, 2.05) is 0 Å². The first-order valence-electron chi connectivity index (χ1n) is 4.77. The maximum absolute atomic E-state index is 5.60. The summed E-state index contributed by atoms with van der Waals surface area (Å²) >= 11 is 0. The molecule has 0 aromatic heterocycles. The van der Waals surface area contributed by atoms with Crippen molar-refractivity contribution in [3.63, 3.8) is 0 Å². The summed E-state index contributed by atoms with van der Waals surface area (Å²) < 4.78 is 10.6. The van der Waals surface area contributed by atoms with Gasteiger partial charge in [0.05, 0.1) is 18.8 Å². The van der Waals surface area contributed by atoms with Gasteiger partial charge in [0.1, 0.15) is 0 Å². The average Bonchev–Trinajstić information content (AvgIpc) is 1.98. The van der Waals surface area contributed by atoms with E-state index in [0.717, 1.165) is 26.3 Å². The zero-order valence-corrected chi connectivity index (χ0v) is 9.59. The van der Waals surface area contributed by atoms with Crippen molar-refractivity contribution in [2.24, 2.45) is 0 Å². The van der Waals surface area contributed by atoms with Crippen LogP contribution in [0, 0.1) is 0 Å². The molecule has 0 aromatic carbocycles. The normalized spacial score (nSPS) is 12.5. The lowest BCUT2D eigenvalue weighted by Gasteiger charge is -2.22. The van der Waals surface area contributed by atoms with E-state index in [0.29, 0.717) is 0 Å². The fourth-order valence-electron chi connectivity index (χ4n) is 0.867. The maximum atomic E-state index is 5.60. The van der Waals surface area contributed by atoms with Crippen LogP contribution in [0.5, 0.6) is 0 Å². The summed E-state index contributed by atoms with van der Waals surface area (Å²) in [6.07, 6.45) is 0. The maximum Gasteiger partial charge on any atom is 0.0600 e. The first kappa shape index (κ1) is 12.9. The van der Waals surface area contributed by atoms with Gasteiger partial charge in [-0.3, -0.25) is 0 Å². The van der Waals surface area contributed by atoms with E-state index in [-0.39, 0.29) is 5.60 Å². The van der Waals surface area contributed by atoms with E-state index in [1.54, 1.807) is 7.11 Å². The molecule has 0 aliphatic rings. The van der Waals surface area contributed by atoms with Gasteiger partial charge < -0.3 is 14.4 Å². The lowest BCUT2D eigenvalue weighted by Crippen LogP contribution is -2.30. The van der Waals surface area contributed by atoms with Crippen molar-refractivity contribution < 1.29 is 9.47 Å². The van der Waals surface area contributed by atoms with Gasteiger partial charge in [-0.15, -0.1) is 0 Å². The number of ether oxygens (including phenoxy) is 2. The molecule has 0 fully saturated rings. The summed E-state index contributed by atoms with van der Waals surface area (Å²) in [6, 6.07) is 0. The SMILES string of the molecule is COCCN(C)CCOC(C)(C)C. The number of methoxy groups -OCH3 is 1. The number of hydrogen-bond acceptors (Lipinski definition) is 3. The molecule has 0 radical (unpaired) electrons. The van der Waals surface area contributed by atoms with Crippen molar-refractivity contribution >= 4 is 0 Å². The van der Waals surface area contributed by atoms with Crippen LogP contribution in [0.15, 0.2) is 0 Å². The molecule has 0 N–H and O–H groups in total. The molecule has 3 heteroatoms. The first-order chi connectivity index (χ1) is 5.95. The molecule has 0 saturated heterocycles. The third-order valence-corrected chi connectivity index (χ3v) is 1.69. The van der Waals surface area contributed by atoms with Gasteiger partial charge in [-0.1, -0.05) is 0 Å². The molecule has 0 aliphatic carbocycles. The number of rotatable bonds is 6. The van der Waals surface area contributed by atoms with Gasteiger partial charge in [0.2, 0.25) is 0 Å². The molecule has 0 saturated carbocycles. The van der Waals surface area contributed by atoms with E-state index >= 15 is 0 Å². The molecule has 0 rings (SSSR count). The van der Waals surface area contributed by atoms with Crippen LogP contribution in [0.3, 0.4) is 0 Å². The second kappa shape index (κ2) is 6.35. The van der Waals surface area contributed by atoms with Crippen LogP contribution in [-0.4, -0.2) is 51.0 Å². The van der Waals surface area contributed by atoms with Crippen LogP contribution in [0.25, 0.3) is 0 Å². The van der Waals surface area contributed by atoms with Crippen molar-refractivity contribution in [1.29, 1.82) is 0 Å². The lowest BCUT2D eigenvalue weighted by molar-refractivity contribution is -0.0122. The minimum atomic E-state index is -0.0257. The monoisotopic (exact) mass is 189 g/mol. The van der Waals surface area contributed by atoms with Crippen molar-refractivity contribution in [1.82, 2.24) is 4.90 Å². The van der Waals surface area contributed by atoms with Crippen molar-refractivity contribution in [2.45, 2.75) is 26.4 Å². The first-order valence-corrected chi connectivity index (χ1v) is 4.77. The largest absolute Gasteiger partial charge is 0.383 e. The van der Waals surface area contributed by atoms with Gasteiger partial charge in [0.25, 0.3) is 0 Å². The molecule has 0 aromatic rings. The highest BCUT2D eigenvalue weighted by Crippen LogP contribution is 2.05. The predicted molar refractivity (Wildman–Crippen MR) is 55.1 cm³/mol. The molecular weight excluding hydrogens is 166 g/mol. The van der Waals surface area contributed by atoms with Gasteiger partial charge in [0.15, 0.2) is 0 Å². The molecule has 0 unspecified atom stereocenters. The fraction of sp³-hybridized carbons (Fsp3) is 1.00. The Bertz CT molecular complexity index is 121. The lowest BCUT2D eigenvalue weighted by atomic mass is 10.2. The highest BCUT2D eigenvalue weighted by atomic mass is 16.5. The minimum Gasteiger partial charge on any atom is -0.383 e. The Morgan fingerprint density at radius 1 is 1.08 bits per heavy atom. The summed E-state index contributed by atoms with van der Waals surface area (Å²) in [5, 5.41) is 0. The molecule has 0 amide bonds. The van der Waals surface area contributed by atoms with Gasteiger partial charge in [-0.05, 0) is 27.8 Å². The average molecular weight is 189 g/mol. The van der Waals surface area contributed by atoms with Crippen LogP contribution in [0.1, 0.15) is 20.8 Å². The van der Waals surface area contributed by atoms with Crippen LogP contribution in [0.2, 0.25) is 0 Å². The van der Waals surface area contributed by atoms with E-state index < -0.39 is 0 Å². The van der Waals surface area contributed by atoms with Crippen molar-refractivity contribution in [3.8, 4) is 0 Å². The molecule has 0 spiro atoms. The Balaban J connectivity index is 3.31. The third kappa shape index (κ3) is 9.80. The van der Waals surface area contributed by atoms with Crippen molar-refractivity contribution in [2.75, 3.05) is 40.5 Å². The van der Waals surface area contributed by atoms with E-state index in [2.05, 4.69) is 32.7 Å². The quantitative estimate of drug-likeness (QED) is 0.630. The Kier molecular flexibility index (Phi) is 6.29.